The van der Waals surface area contributed by atoms with Gasteiger partial charge < -0.3 is 9.30 Å². The summed E-state index contributed by atoms with van der Waals surface area (Å²) in [4.78, 5) is 16.3. The minimum Gasteiger partial charge on any atom is -0.468 e. The van der Waals surface area contributed by atoms with E-state index in [4.69, 9.17) is 4.74 Å². The number of carbonyl (C=O) groups excluding carboxylic acids is 1. The third-order valence-corrected chi connectivity index (χ3v) is 3.64. The van der Waals surface area contributed by atoms with Gasteiger partial charge in [0.05, 0.1) is 12.8 Å². The second-order valence-corrected chi connectivity index (χ2v) is 4.90. The average molecular weight is 274 g/mol. The highest BCUT2D eigenvalue weighted by atomic mass is 19.1. The van der Waals surface area contributed by atoms with Crippen LogP contribution < -0.4 is 0 Å². The summed E-state index contributed by atoms with van der Waals surface area (Å²) in [5.41, 5.74) is 1.60. The maximum Gasteiger partial charge on any atom is 0.316 e. The van der Waals surface area contributed by atoms with E-state index in [0.717, 1.165) is 36.5 Å². The Hall–Kier alpha value is -2.17. The van der Waals surface area contributed by atoms with E-state index in [2.05, 4.69) is 4.98 Å². The van der Waals surface area contributed by atoms with Crippen molar-refractivity contribution in [2.24, 2.45) is 0 Å². The Labute approximate surface area is 116 Å². The van der Waals surface area contributed by atoms with Crippen LogP contribution in [0.5, 0.6) is 0 Å². The van der Waals surface area contributed by atoms with Gasteiger partial charge in [0.1, 0.15) is 17.6 Å². The summed E-state index contributed by atoms with van der Waals surface area (Å²) < 4.78 is 19.8. The van der Waals surface area contributed by atoms with Crippen molar-refractivity contribution in [1.82, 2.24) is 9.55 Å². The first-order chi connectivity index (χ1) is 9.69. The van der Waals surface area contributed by atoms with E-state index in [9.17, 15) is 9.18 Å². The van der Waals surface area contributed by atoms with Crippen LogP contribution in [0.15, 0.2) is 30.5 Å². The lowest BCUT2D eigenvalue weighted by Gasteiger charge is -2.20. The predicted octanol–water partition coefficient (Wildman–Crippen LogP) is 2.74. The quantitative estimate of drug-likeness (QED) is 0.791. The third kappa shape index (κ3) is 2.19. The number of carbonyl (C=O) groups is 1. The van der Waals surface area contributed by atoms with E-state index in [1.165, 1.54) is 19.2 Å². The highest BCUT2D eigenvalue weighted by Gasteiger charge is 2.29. The largest absolute Gasteiger partial charge is 0.468 e. The Balaban J connectivity index is 1.99. The molecule has 20 heavy (non-hydrogen) atoms. The van der Waals surface area contributed by atoms with Crippen LogP contribution in [0.1, 0.15) is 24.6 Å². The number of ether oxygens (including phenoxy) is 1. The van der Waals surface area contributed by atoms with E-state index in [1.54, 1.807) is 12.1 Å². The van der Waals surface area contributed by atoms with Gasteiger partial charge in [0, 0.05) is 18.3 Å². The summed E-state index contributed by atoms with van der Waals surface area (Å²) in [5, 5.41) is 0. The van der Waals surface area contributed by atoms with Gasteiger partial charge in [-0.25, -0.2) is 9.37 Å². The van der Waals surface area contributed by atoms with E-state index >= 15 is 0 Å². The number of aryl methyl sites for hydroxylation is 1. The Morgan fingerprint density at radius 1 is 1.40 bits per heavy atom. The fourth-order valence-electron chi connectivity index (χ4n) is 2.61. The highest BCUT2D eigenvalue weighted by Crippen LogP contribution is 2.30. The number of imidazole rings is 1. The Morgan fingerprint density at radius 3 is 2.85 bits per heavy atom. The normalized spacial score (nSPS) is 17.6. The summed E-state index contributed by atoms with van der Waals surface area (Å²) >= 11 is 0. The zero-order chi connectivity index (χ0) is 14.1. The van der Waals surface area contributed by atoms with E-state index in [1.807, 2.05) is 10.8 Å². The van der Waals surface area contributed by atoms with Crippen molar-refractivity contribution in [2.75, 3.05) is 7.11 Å². The minimum absolute atomic E-state index is 0.248. The highest BCUT2D eigenvalue weighted by molar-refractivity contribution is 5.77. The zero-order valence-corrected chi connectivity index (χ0v) is 11.2. The first-order valence-corrected chi connectivity index (χ1v) is 6.60. The molecule has 0 radical (unpaired) electrons. The molecule has 1 aromatic carbocycles. The number of halogens is 1. The van der Waals surface area contributed by atoms with Gasteiger partial charge >= 0.3 is 5.97 Å². The Bertz CT molecular complexity index is 634. The topological polar surface area (TPSA) is 44.1 Å². The lowest BCUT2D eigenvalue weighted by atomic mass is 9.99. The number of benzene rings is 1. The molecule has 0 amide bonds. The lowest BCUT2D eigenvalue weighted by Crippen LogP contribution is -2.23. The van der Waals surface area contributed by atoms with Crippen molar-refractivity contribution < 1.29 is 13.9 Å². The van der Waals surface area contributed by atoms with E-state index < -0.39 is 0 Å². The first-order valence-electron chi connectivity index (χ1n) is 6.60. The molecule has 0 saturated heterocycles. The second kappa shape index (κ2) is 5.07. The first kappa shape index (κ1) is 12.8. The van der Waals surface area contributed by atoms with Crippen LogP contribution in [-0.2, 0) is 16.1 Å². The minimum atomic E-state index is -0.303. The smallest absolute Gasteiger partial charge is 0.316 e. The van der Waals surface area contributed by atoms with Gasteiger partial charge in [-0.3, -0.25) is 4.79 Å². The number of methoxy groups -OCH3 is 1. The SMILES string of the molecule is COC(=O)C1CCCn2cc(-c3ccc(F)cc3)nc21. The van der Waals surface area contributed by atoms with Crippen LogP contribution in [0.4, 0.5) is 4.39 Å². The van der Waals surface area contributed by atoms with Gasteiger partial charge in [-0.1, -0.05) is 0 Å². The number of nitrogens with zero attached hydrogens (tertiary/aromatic N) is 2. The molecule has 1 unspecified atom stereocenters. The van der Waals surface area contributed by atoms with Crippen molar-refractivity contribution in [1.29, 1.82) is 0 Å². The molecular formula is C15H15FN2O2. The maximum absolute atomic E-state index is 13.0. The lowest BCUT2D eigenvalue weighted by molar-refractivity contribution is -0.143. The van der Waals surface area contributed by atoms with Crippen molar-refractivity contribution in [3.8, 4) is 11.3 Å². The molecule has 5 heteroatoms. The van der Waals surface area contributed by atoms with E-state index in [0.29, 0.717) is 0 Å². The third-order valence-electron chi connectivity index (χ3n) is 3.64. The van der Waals surface area contributed by atoms with Crippen LogP contribution in [0.2, 0.25) is 0 Å². The molecule has 0 fully saturated rings. The van der Waals surface area contributed by atoms with E-state index in [-0.39, 0.29) is 17.7 Å². The summed E-state index contributed by atoms with van der Waals surface area (Å²) in [7, 11) is 1.39. The molecule has 0 bridgehead atoms. The Kier molecular flexibility index (Phi) is 3.26. The van der Waals surface area contributed by atoms with Crippen LogP contribution in [-0.4, -0.2) is 22.6 Å². The maximum atomic E-state index is 13.0. The molecule has 0 spiro atoms. The van der Waals surface area contributed by atoms with Gasteiger partial charge in [-0.15, -0.1) is 0 Å². The van der Waals surface area contributed by atoms with Gasteiger partial charge in [-0.05, 0) is 37.1 Å². The average Bonchev–Trinajstić information content (AvgIpc) is 2.91. The van der Waals surface area contributed by atoms with Gasteiger partial charge in [0.25, 0.3) is 0 Å². The molecule has 1 aliphatic heterocycles. The summed E-state index contributed by atoms with van der Waals surface area (Å²) in [6, 6.07) is 6.20. The van der Waals surface area contributed by atoms with Crippen LogP contribution in [0.3, 0.4) is 0 Å². The van der Waals surface area contributed by atoms with Gasteiger partial charge in [0.2, 0.25) is 0 Å². The molecule has 104 valence electrons. The van der Waals surface area contributed by atoms with Crippen molar-refractivity contribution in [2.45, 2.75) is 25.3 Å². The predicted molar refractivity (Wildman–Crippen MR) is 71.6 cm³/mol. The fourth-order valence-corrected chi connectivity index (χ4v) is 2.61. The molecule has 4 nitrogen and oxygen atoms in total. The Morgan fingerprint density at radius 2 is 2.15 bits per heavy atom. The monoisotopic (exact) mass is 274 g/mol. The fraction of sp³-hybridized carbons (Fsp3) is 0.333. The van der Waals surface area contributed by atoms with Crippen molar-refractivity contribution in [3.05, 3.63) is 42.1 Å². The van der Waals surface area contributed by atoms with Crippen molar-refractivity contribution in [3.63, 3.8) is 0 Å². The van der Waals surface area contributed by atoms with Gasteiger partial charge in [0.15, 0.2) is 0 Å². The van der Waals surface area contributed by atoms with Gasteiger partial charge in [-0.2, -0.15) is 0 Å². The summed E-state index contributed by atoms with van der Waals surface area (Å²) in [6.07, 6.45) is 3.59. The van der Waals surface area contributed by atoms with Crippen molar-refractivity contribution >= 4 is 5.97 Å². The number of esters is 1. The molecule has 0 saturated carbocycles. The number of fused-ring (bicyclic) bond motifs is 1. The number of hydrogen-bond acceptors (Lipinski definition) is 3. The van der Waals surface area contributed by atoms with Crippen LogP contribution >= 0.6 is 0 Å². The summed E-state index contributed by atoms with van der Waals surface area (Å²) in [5.74, 6) is -0.0854. The zero-order valence-electron chi connectivity index (χ0n) is 11.2. The molecule has 0 aliphatic carbocycles. The summed E-state index contributed by atoms with van der Waals surface area (Å²) in [6.45, 7) is 0.844. The number of aromatic nitrogens is 2. The van der Waals surface area contributed by atoms with Crippen LogP contribution in [0.25, 0.3) is 11.3 Å². The standard InChI is InChI=1S/C15H15FN2O2/c1-20-15(19)12-3-2-8-18-9-13(17-14(12)18)10-4-6-11(16)7-5-10/h4-7,9,12H,2-3,8H2,1H3. The molecule has 3 rings (SSSR count). The molecule has 0 N–H and O–H groups in total. The molecule has 1 aromatic heterocycles. The molecule has 2 aromatic rings. The molecule has 1 atom stereocenters. The van der Waals surface area contributed by atoms with Crippen LogP contribution in [0, 0.1) is 5.82 Å². The molecule has 1 aliphatic rings. The molecule has 2 heterocycles. The molecular weight excluding hydrogens is 259 g/mol. The number of hydrogen-bond donors (Lipinski definition) is 0. The second-order valence-electron chi connectivity index (χ2n) is 4.90. The number of rotatable bonds is 2.